The Morgan fingerprint density at radius 1 is 1.29 bits per heavy atom. The van der Waals surface area contributed by atoms with Gasteiger partial charge in [0.05, 0.1) is 24.3 Å². The highest BCUT2D eigenvalue weighted by molar-refractivity contribution is 5.96. The predicted molar refractivity (Wildman–Crippen MR) is 132 cm³/mol. The molecule has 2 aliphatic carbocycles. The Bertz CT molecular complexity index is 889. The average molecular weight is 475 g/mol. The summed E-state index contributed by atoms with van der Waals surface area (Å²) in [5, 5.41) is 20.6. The lowest BCUT2D eigenvalue weighted by molar-refractivity contribution is -0.126. The standard InChI is InChI=1S/C26H42N4O4/c1-7-18-10-17-11-19(13-20(31)12-17)22(18)29-23(32)21-14-28-30(24(21)34-15-16(2)3)9-8-26(4,5)25(33)27-6/h8-9,14,16-20,22,31H,7,10-13,15H2,1-6H3,(H,27,33)(H,29,32)/b9-8+/t17?,18?,19?,20-,22+/m0/s1. The highest BCUT2D eigenvalue weighted by Gasteiger charge is 2.42. The summed E-state index contributed by atoms with van der Waals surface area (Å²) in [6.45, 7) is 10.3. The number of carbonyl (C=O) groups excluding carboxylic acids is 2. The van der Waals surface area contributed by atoms with Gasteiger partial charge in [0.2, 0.25) is 11.8 Å². The number of nitrogens with zero attached hydrogens (tertiary/aromatic N) is 2. The minimum Gasteiger partial charge on any atom is -0.477 e. The zero-order chi connectivity index (χ0) is 25.0. The second-order valence-corrected chi connectivity index (χ2v) is 11.0. The normalized spacial score (nSPS) is 27.1. The van der Waals surface area contributed by atoms with Crippen LogP contribution in [0, 0.1) is 29.1 Å². The van der Waals surface area contributed by atoms with Gasteiger partial charge in [0.15, 0.2) is 0 Å². The fraction of sp³-hybridized carbons (Fsp3) is 0.731. The molecule has 0 saturated heterocycles. The van der Waals surface area contributed by atoms with Crippen molar-refractivity contribution in [3.8, 4) is 5.88 Å². The van der Waals surface area contributed by atoms with Crippen molar-refractivity contribution in [1.82, 2.24) is 20.4 Å². The number of aliphatic hydroxyl groups is 1. The van der Waals surface area contributed by atoms with E-state index in [-0.39, 0.29) is 29.9 Å². The SMILES string of the molecule is CCC1CC2CC(C[C@@H](O)C2)[C@@H]1NC(=O)c1cnn(/C=C/C(C)(C)C(=O)NC)c1OCC(C)C. The van der Waals surface area contributed by atoms with Gasteiger partial charge >= 0.3 is 0 Å². The van der Waals surface area contributed by atoms with Crippen molar-refractivity contribution in [3.63, 3.8) is 0 Å². The maximum atomic E-state index is 13.5. The summed E-state index contributed by atoms with van der Waals surface area (Å²) in [5.41, 5.74) is -0.357. The van der Waals surface area contributed by atoms with Crippen molar-refractivity contribution in [3.05, 3.63) is 17.8 Å². The highest BCUT2D eigenvalue weighted by atomic mass is 16.5. The van der Waals surface area contributed by atoms with Gasteiger partial charge in [-0.2, -0.15) is 5.10 Å². The first-order valence-corrected chi connectivity index (χ1v) is 12.7. The van der Waals surface area contributed by atoms with Crippen molar-refractivity contribution in [1.29, 1.82) is 0 Å². The largest absolute Gasteiger partial charge is 0.477 e. The zero-order valence-corrected chi connectivity index (χ0v) is 21.5. The number of rotatable bonds is 9. The van der Waals surface area contributed by atoms with Gasteiger partial charge in [-0.1, -0.05) is 33.3 Å². The molecule has 2 amide bonds. The van der Waals surface area contributed by atoms with Crippen LogP contribution in [0.4, 0.5) is 0 Å². The van der Waals surface area contributed by atoms with E-state index in [1.165, 1.54) is 10.9 Å². The van der Waals surface area contributed by atoms with Crippen LogP contribution in [0.2, 0.25) is 0 Å². The van der Waals surface area contributed by atoms with E-state index in [0.29, 0.717) is 35.8 Å². The molecule has 0 aliphatic heterocycles. The number of ether oxygens (including phenoxy) is 1. The quantitative estimate of drug-likeness (QED) is 0.508. The van der Waals surface area contributed by atoms with Gasteiger partial charge in [0, 0.05) is 19.3 Å². The number of amides is 2. The first-order valence-electron chi connectivity index (χ1n) is 12.7. The Labute approximate surface area is 203 Å². The van der Waals surface area contributed by atoms with Gasteiger partial charge in [-0.25, -0.2) is 4.68 Å². The second-order valence-electron chi connectivity index (χ2n) is 11.0. The molecule has 190 valence electrons. The molecule has 3 N–H and O–H groups in total. The van der Waals surface area contributed by atoms with Gasteiger partial charge < -0.3 is 20.5 Å². The molecule has 34 heavy (non-hydrogen) atoms. The molecule has 8 heteroatoms. The number of carbonyl (C=O) groups is 2. The van der Waals surface area contributed by atoms with Crippen LogP contribution in [0.1, 0.15) is 77.1 Å². The summed E-state index contributed by atoms with van der Waals surface area (Å²) in [6, 6.07) is 0.0349. The Morgan fingerprint density at radius 3 is 2.68 bits per heavy atom. The molecular weight excluding hydrogens is 432 g/mol. The van der Waals surface area contributed by atoms with Crippen molar-refractivity contribution >= 4 is 18.0 Å². The molecular formula is C26H42N4O4. The molecule has 3 rings (SSSR count). The van der Waals surface area contributed by atoms with E-state index in [9.17, 15) is 14.7 Å². The second kappa shape index (κ2) is 10.9. The maximum absolute atomic E-state index is 13.5. The van der Waals surface area contributed by atoms with Crippen LogP contribution in [0.3, 0.4) is 0 Å². The molecule has 5 atom stereocenters. The summed E-state index contributed by atoms with van der Waals surface area (Å²) < 4.78 is 7.56. The van der Waals surface area contributed by atoms with Crippen LogP contribution in [-0.2, 0) is 4.79 Å². The van der Waals surface area contributed by atoms with Crippen molar-refractivity contribution < 1.29 is 19.4 Å². The van der Waals surface area contributed by atoms with Crippen LogP contribution in [-0.4, -0.2) is 52.5 Å². The Hall–Kier alpha value is -2.35. The lowest BCUT2D eigenvalue weighted by Gasteiger charge is -2.46. The Balaban J connectivity index is 1.84. The molecule has 0 aromatic carbocycles. The Kier molecular flexibility index (Phi) is 8.44. The van der Waals surface area contributed by atoms with Crippen LogP contribution in [0.25, 0.3) is 6.20 Å². The maximum Gasteiger partial charge on any atom is 0.258 e. The van der Waals surface area contributed by atoms with Crippen molar-refractivity contribution in [2.75, 3.05) is 13.7 Å². The van der Waals surface area contributed by atoms with Crippen LogP contribution >= 0.6 is 0 Å². The molecule has 2 saturated carbocycles. The number of fused-ring (bicyclic) bond motifs is 2. The van der Waals surface area contributed by atoms with Gasteiger partial charge in [-0.15, -0.1) is 0 Å². The van der Waals surface area contributed by atoms with Crippen LogP contribution in [0.15, 0.2) is 12.3 Å². The van der Waals surface area contributed by atoms with Crippen molar-refractivity contribution in [2.24, 2.45) is 29.1 Å². The number of hydrogen-bond donors (Lipinski definition) is 3. The topological polar surface area (TPSA) is 105 Å². The lowest BCUT2D eigenvalue weighted by Crippen LogP contribution is -2.52. The van der Waals surface area contributed by atoms with E-state index in [0.717, 1.165) is 32.1 Å². The third-order valence-electron chi connectivity index (χ3n) is 7.28. The molecule has 1 aromatic heterocycles. The van der Waals surface area contributed by atoms with Crippen LogP contribution < -0.4 is 15.4 Å². The first-order chi connectivity index (χ1) is 16.1. The zero-order valence-electron chi connectivity index (χ0n) is 21.5. The summed E-state index contributed by atoms with van der Waals surface area (Å²) in [7, 11) is 1.60. The molecule has 3 unspecified atom stereocenters. The van der Waals surface area contributed by atoms with E-state index in [1.54, 1.807) is 19.3 Å². The van der Waals surface area contributed by atoms with E-state index in [1.807, 2.05) is 27.7 Å². The van der Waals surface area contributed by atoms with Gasteiger partial charge in [0.25, 0.3) is 5.91 Å². The third-order valence-corrected chi connectivity index (χ3v) is 7.28. The minimum atomic E-state index is -0.743. The third kappa shape index (κ3) is 6.01. The summed E-state index contributed by atoms with van der Waals surface area (Å²) >= 11 is 0. The van der Waals surface area contributed by atoms with Crippen LogP contribution in [0.5, 0.6) is 5.88 Å². The number of hydrogen-bond acceptors (Lipinski definition) is 5. The van der Waals surface area contributed by atoms with E-state index in [4.69, 9.17) is 4.74 Å². The van der Waals surface area contributed by atoms with E-state index in [2.05, 4.69) is 22.7 Å². The van der Waals surface area contributed by atoms with E-state index >= 15 is 0 Å². The van der Waals surface area contributed by atoms with Gasteiger partial charge in [-0.3, -0.25) is 9.59 Å². The molecule has 0 spiro atoms. The monoisotopic (exact) mass is 474 g/mol. The summed E-state index contributed by atoms with van der Waals surface area (Å²) in [6.07, 6.45) is 9.42. The smallest absolute Gasteiger partial charge is 0.258 e. The molecule has 1 aromatic rings. The molecule has 2 aliphatic rings. The number of nitrogens with one attached hydrogen (secondary N) is 2. The van der Waals surface area contributed by atoms with Crippen molar-refractivity contribution in [2.45, 2.75) is 78.9 Å². The lowest BCUT2D eigenvalue weighted by atomic mass is 9.64. The predicted octanol–water partition coefficient (Wildman–Crippen LogP) is 3.47. The molecule has 0 radical (unpaired) electrons. The molecule has 2 bridgehead atoms. The molecule has 2 fully saturated rings. The molecule has 1 heterocycles. The summed E-state index contributed by atoms with van der Waals surface area (Å²) in [4.78, 5) is 25.6. The highest BCUT2D eigenvalue weighted by Crippen LogP contribution is 2.44. The Morgan fingerprint density at radius 2 is 2.03 bits per heavy atom. The number of aromatic nitrogens is 2. The minimum absolute atomic E-state index is 0.0349. The average Bonchev–Trinajstić information content (AvgIpc) is 3.19. The fourth-order valence-corrected chi connectivity index (χ4v) is 5.44. The van der Waals surface area contributed by atoms with Gasteiger partial charge in [0.1, 0.15) is 5.56 Å². The molecule has 8 nitrogen and oxygen atoms in total. The fourth-order valence-electron chi connectivity index (χ4n) is 5.44. The van der Waals surface area contributed by atoms with E-state index < -0.39 is 5.41 Å². The number of aliphatic hydroxyl groups excluding tert-OH is 1. The van der Waals surface area contributed by atoms with Gasteiger partial charge in [-0.05, 0) is 63.2 Å². The first kappa shape index (κ1) is 26.3. The summed E-state index contributed by atoms with van der Waals surface area (Å²) in [5.74, 6) is 1.58.